The highest BCUT2D eigenvalue weighted by atomic mass is 16.3. The van der Waals surface area contributed by atoms with Crippen molar-refractivity contribution in [3.05, 3.63) is 23.0 Å². The van der Waals surface area contributed by atoms with Crippen LogP contribution < -0.4 is 0 Å². The normalized spacial score (nSPS) is 20.2. The number of ketones is 3. The average molecular weight is 363 g/mol. The predicted octanol–water partition coefficient (Wildman–Crippen LogP) is 4.98. The van der Waals surface area contributed by atoms with E-state index in [-0.39, 0.29) is 41.5 Å². The van der Waals surface area contributed by atoms with E-state index in [1.54, 1.807) is 6.08 Å². The highest BCUT2D eigenvalue weighted by Gasteiger charge is 2.47. The van der Waals surface area contributed by atoms with Crippen LogP contribution in [0, 0.1) is 23.7 Å². The number of hydrogen-bond acceptors (Lipinski definition) is 4. The molecule has 0 fully saturated rings. The van der Waals surface area contributed by atoms with Gasteiger partial charge >= 0.3 is 0 Å². The van der Waals surface area contributed by atoms with Crippen LogP contribution in [-0.2, 0) is 14.4 Å². The van der Waals surface area contributed by atoms with Crippen LogP contribution >= 0.6 is 0 Å². The van der Waals surface area contributed by atoms with Gasteiger partial charge in [-0.2, -0.15) is 0 Å². The molecule has 1 unspecified atom stereocenters. The van der Waals surface area contributed by atoms with Crippen molar-refractivity contribution >= 4 is 17.3 Å². The van der Waals surface area contributed by atoms with E-state index in [2.05, 4.69) is 13.8 Å². The highest BCUT2D eigenvalue weighted by Crippen LogP contribution is 2.39. The summed E-state index contributed by atoms with van der Waals surface area (Å²) in [5.74, 6) is -1.88. The van der Waals surface area contributed by atoms with Crippen LogP contribution in [0.1, 0.15) is 73.6 Å². The first-order valence-electron chi connectivity index (χ1n) is 9.72. The number of carbonyl (C=O) groups excluding carboxylic acids is 3. The molecule has 0 aromatic rings. The largest absolute Gasteiger partial charge is 0.511 e. The van der Waals surface area contributed by atoms with Gasteiger partial charge in [0.05, 0.1) is 11.5 Å². The Hall–Kier alpha value is -1.71. The van der Waals surface area contributed by atoms with E-state index in [4.69, 9.17) is 0 Å². The van der Waals surface area contributed by atoms with Crippen molar-refractivity contribution in [2.75, 3.05) is 0 Å². The molecule has 1 aliphatic rings. The molecule has 0 amide bonds. The first kappa shape index (κ1) is 22.3. The van der Waals surface area contributed by atoms with Crippen LogP contribution in [0.2, 0.25) is 0 Å². The topological polar surface area (TPSA) is 71.4 Å². The fourth-order valence-electron chi connectivity index (χ4n) is 3.25. The van der Waals surface area contributed by atoms with Crippen LogP contribution in [0.5, 0.6) is 0 Å². The van der Waals surface area contributed by atoms with Gasteiger partial charge in [0.15, 0.2) is 11.6 Å². The van der Waals surface area contributed by atoms with Crippen molar-refractivity contribution in [1.82, 2.24) is 0 Å². The minimum absolute atomic E-state index is 0.116. The van der Waals surface area contributed by atoms with Gasteiger partial charge in [-0.15, -0.1) is 0 Å². The SMILES string of the molecule is CC(C)=CCC(=O)C1C(O)=C(C(=O)CCC(C)C)C(=O)[C@H]1CCC(C)C. The second kappa shape index (κ2) is 9.84. The van der Waals surface area contributed by atoms with Crippen molar-refractivity contribution in [3.8, 4) is 0 Å². The molecule has 1 rings (SSSR count). The zero-order chi connectivity index (χ0) is 20.0. The molecule has 0 aromatic heterocycles. The molecule has 0 radical (unpaired) electrons. The molecule has 4 heteroatoms. The summed E-state index contributed by atoms with van der Waals surface area (Å²) in [6.45, 7) is 11.9. The van der Waals surface area contributed by atoms with Gasteiger partial charge in [0.25, 0.3) is 0 Å². The van der Waals surface area contributed by atoms with Crippen molar-refractivity contribution in [2.24, 2.45) is 23.7 Å². The minimum atomic E-state index is -0.866. The molecule has 1 aliphatic carbocycles. The van der Waals surface area contributed by atoms with Gasteiger partial charge in [0.1, 0.15) is 11.5 Å². The number of hydrogen-bond donors (Lipinski definition) is 1. The zero-order valence-electron chi connectivity index (χ0n) is 17.1. The summed E-state index contributed by atoms with van der Waals surface area (Å²) < 4.78 is 0. The monoisotopic (exact) mass is 362 g/mol. The lowest BCUT2D eigenvalue weighted by atomic mass is 9.83. The van der Waals surface area contributed by atoms with Crippen molar-refractivity contribution in [2.45, 2.75) is 73.6 Å². The van der Waals surface area contributed by atoms with Crippen LogP contribution in [0.25, 0.3) is 0 Å². The third-order valence-electron chi connectivity index (χ3n) is 4.88. The van der Waals surface area contributed by atoms with E-state index in [0.29, 0.717) is 24.7 Å². The molecule has 0 saturated carbocycles. The number of Topliss-reactive ketones (excluding diaryl/α,β-unsaturated/α-hetero) is 3. The summed E-state index contributed by atoms with van der Waals surface area (Å²) in [5, 5.41) is 10.6. The smallest absolute Gasteiger partial charge is 0.174 e. The lowest BCUT2D eigenvalue weighted by Gasteiger charge is -2.18. The molecule has 0 saturated heterocycles. The van der Waals surface area contributed by atoms with Crippen LogP contribution in [0.15, 0.2) is 23.0 Å². The van der Waals surface area contributed by atoms with E-state index < -0.39 is 11.8 Å². The van der Waals surface area contributed by atoms with Crippen LogP contribution in [0.4, 0.5) is 0 Å². The summed E-state index contributed by atoms with van der Waals surface area (Å²) >= 11 is 0. The molecule has 0 heterocycles. The maximum atomic E-state index is 12.9. The van der Waals surface area contributed by atoms with Crippen molar-refractivity contribution in [3.63, 3.8) is 0 Å². The first-order chi connectivity index (χ1) is 12.1. The van der Waals surface area contributed by atoms with Gasteiger partial charge in [-0.05, 0) is 38.5 Å². The molecule has 0 aliphatic heterocycles. The number of aliphatic hydroxyl groups is 1. The van der Waals surface area contributed by atoms with Gasteiger partial charge in [0.2, 0.25) is 0 Å². The summed E-state index contributed by atoms with van der Waals surface area (Å²) in [4.78, 5) is 38.1. The Kier molecular flexibility index (Phi) is 8.45. The van der Waals surface area contributed by atoms with E-state index in [9.17, 15) is 19.5 Å². The van der Waals surface area contributed by atoms with E-state index in [0.717, 1.165) is 12.0 Å². The summed E-state index contributed by atoms with van der Waals surface area (Å²) in [5.41, 5.74) is 0.896. The Balaban J connectivity index is 3.11. The summed E-state index contributed by atoms with van der Waals surface area (Å²) in [6, 6.07) is 0. The van der Waals surface area contributed by atoms with Crippen molar-refractivity contribution in [1.29, 1.82) is 0 Å². The highest BCUT2D eigenvalue weighted by molar-refractivity contribution is 6.24. The standard InChI is InChI=1S/C22H34O4/c1-13(2)7-10-16-19(17(23)11-8-14(3)4)22(26)20(21(16)25)18(24)12-9-15(5)6/h8,13,15-16,19,26H,7,9-12H2,1-6H3/t16-,19?/m0/s1. The molecule has 0 spiro atoms. The Labute approximate surface area is 157 Å². The number of rotatable bonds is 10. The quantitative estimate of drug-likeness (QED) is 0.439. The van der Waals surface area contributed by atoms with Gasteiger partial charge in [-0.1, -0.05) is 45.8 Å². The van der Waals surface area contributed by atoms with Gasteiger partial charge < -0.3 is 5.11 Å². The lowest BCUT2D eigenvalue weighted by Crippen LogP contribution is -2.26. The average Bonchev–Trinajstić information content (AvgIpc) is 2.78. The molecule has 0 aromatic carbocycles. The maximum absolute atomic E-state index is 12.9. The molecule has 26 heavy (non-hydrogen) atoms. The van der Waals surface area contributed by atoms with Crippen molar-refractivity contribution < 1.29 is 19.5 Å². The third kappa shape index (κ3) is 5.93. The first-order valence-corrected chi connectivity index (χ1v) is 9.72. The van der Waals surface area contributed by atoms with Gasteiger partial charge in [-0.25, -0.2) is 0 Å². The lowest BCUT2D eigenvalue weighted by molar-refractivity contribution is -0.129. The Morgan fingerprint density at radius 3 is 2.15 bits per heavy atom. The Morgan fingerprint density at radius 2 is 1.65 bits per heavy atom. The Morgan fingerprint density at radius 1 is 1.08 bits per heavy atom. The molecule has 2 atom stereocenters. The summed E-state index contributed by atoms with van der Waals surface area (Å²) in [7, 11) is 0. The zero-order valence-corrected chi connectivity index (χ0v) is 17.1. The van der Waals surface area contributed by atoms with E-state index >= 15 is 0 Å². The van der Waals surface area contributed by atoms with Crippen LogP contribution in [0.3, 0.4) is 0 Å². The molecule has 4 nitrogen and oxygen atoms in total. The molecule has 0 bridgehead atoms. The Bertz CT molecular complexity index is 604. The third-order valence-corrected chi connectivity index (χ3v) is 4.88. The maximum Gasteiger partial charge on any atom is 0.174 e. The summed E-state index contributed by atoms with van der Waals surface area (Å²) in [6.07, 6.45) is 4.18. The fourth-order valence-corrected chi connectivity index (χ4v) is 3.25. The van der Waals surface area contributed by atoms with Gasteiger partial charge in [0, 0.05) is 18.8 Å². The predicted molar refractivity (Wildman–Crippen MR) is 104 cm³/mol. The molecular weight excluding hydrogens is 328 g/mol. The molecule has 1 N–H and O–H groups in total. The van der Waals surface area contributed by atoms with Crippen LogP contribution in [-0.4, -0.2) is 22.5 Å². The fraction of sp³-hybridized carbons (Fsp3) is 0.682. The number of allylic oxidation sites excluding steroid dienone is 4. The minimum Gasteiger partial charge on any atom is -0.511 e. The number of aliphatic hydroxyl groups excluding tert-OH is 1. The molecule has 146 valence electrons. The van der Waals surface area contributed by atoms with E-state index in [1.807, 2.05) is 27.7 Å². The number of carbonyl (C=O) groups is 3. The second-order valence-electron chi connectivity index (χ2n) is 8.49. The second-order valence-corrected chi connectivity index (χ2v) is 8.49. The van der Waals surface area contributed by atoms with Gasteiger partial charge in [-0.3, -0.25) is 14.4 Å². The molecular formula is C22H34O4. The van der Waals surface area contributed by atoms with E-state index in [1.165, 1.54) is 0 Å².